The van der Waals surface area contributed by atoms with Crippen molar-refractivity contribution in [3.8, 4) is 11.4 Å². The molecule has 0 atom stereocenters. The maximum atomic E-state index is 7.74. The zero-order valence-corrected chi connectivity index (χ0v) is 19.1. The monoisotopic (exact) mass is 432 g/mol. The molecule has 0 aliphatic heterocycles. The number of benzene rings is 1. The van der Waals surface area contributed by atoms with Crippen molar-refractivity contribution in [1.82, 2.24) is 10.1 Å². The van der Waals surface area contributed by atoms with Gasteiger partial charge in [0.25, 0.3) is 0 Å². The van der Waals surface area contributed by atoms with Crippen molar-refractivity contribution >= 4 is 18.2 Å². The minimum absolute atomic E-state index is 0. The zero-order valence-electron chi connectivity index (χ0n) is 18.3. The fourth-order valence-electron chi connectivity index (χ4n) is 3.90. The van der Waals surface area contributed by atoms with E-state index in [2.05, 4.69) is 41.3 Å². The Hall–Kier alpha value is -1.88. The van der Waals surface area contributed by atoms with Gasteiger partial charge in [-0.3, -0.25) is 5.41 Å². The Morgan fingerprint density at radius 2 is 1.53 bits per heavy atom. The molecule has 1 heterocycles. The molecule has 166 valence electrons. The molecule has 2 aromatic rings. The van der Waals surface area contributed by atoms with Crippen LogP contribution in [-0.4, -0.2) is 16.0 Å². The summed E-state index contributed by atoms with van der Waals surface area (Å²) in [5.74, 6) is 1.19. The second-order valence-electron chi connectivity index (χ2n) is 8.55. The largest absolute Gasteiger partial charge is 0.387 e. The van der Waals surface area contributed by atoms with Crippen LogP contribution >= 0.6 is 12.4 Å². The van der Waals surface area contributed by atoms with Crippen LogP contribution in [0.5, 0.6) is 0 Å². The zero-order chi connectivity index (χ0) is 20.5. The van der Waals surface area contributed by atoms with E-state index >= 15 is 0 Å². The Kier molecular flexibility index (Phi) is 9.83. The van der Waals surface area contributed by atoms with Crippen LogP contribution in [0, 0.1) is 5.41 Å². The van der Waals surface area contributed by atoms with Crippen LogP contribution in [0.2, 0.25) is 0 Å². The van der Waals surface area contributed by atoms with E-state index in [-0.39, 0.29) is 18.2 Å². The third kappa shape index (κ3) is 6.56. The molecule has 5 nitrogen and oxygen atoms in total. The van der Waals surface area contributed by atoms with E-state index in [4.69, 9.17) is 15.7 Å². The van der Waals surface area contributed by atoms with Gasteiger partial charge in [0.1, 0.15) is 11.3 Å². The van der Waals surface area contributed by atoms with Gasteiger partial charge in [-0.1, -0.05) is 94.1 Å². The Labute approximate surface area is 187 Å². The molecular formula is C24H37ClN4O. The molecule has 6 heteroatoms. The van der Waals surface area contributed by atoms with Gasteiger partial charge in [-0.05, 0) is 31.2 Å². The quantitative estimate of drug-likeness (QED) is 0.200. The number of nitrogens with zero attached hydrogens (tertiary/aromatic N) is 2. The lowest BCUT2D eigenvalue weighted by atomic mass is 10.0. The van der Waals surface area contributed by atoms with E-state index in [9.17, 15) is 0 Å². The van der Waals surface area contributed by atoms with Gasteiger partial charge in [0, 0.05) is 5.56 Å². The number of hydrogen-bond donors (Lipinski definition) is 2. The van der Waals surface area contributed by atoms with Crippen LogP contribution in [0.15, 0.2) is 28.8 Å². The van der Waals surface area contributed by atoms with Crippen molar-refractivity contribution in [3.63, 3.8) is 0 Å². The van der Waals surface area contributed by atoms with Gasteiger partial charge in [0.05, 0.1) is 0 Å². The fraction of sp³-hybridized carbons (Fsp3) is 0.625. The average molecular weight is 433 g/mol. The Balaban J connectivity index is 0.00000320. The van der Waals surface area contributed by atoms with Crippen molar-refractivity contribution in [2.24, 2.45) is 5.73 Å². The van der Waals surface area contributed by atoms with E-state index in [1.165, 1.54) is 69.8 Å². The lowest BCUT2D eigenvalue weighted by molar-refractivity contribution is 0.367. The molecule has 0 amide bonds. The molecule has 1 aliphatic rings. The Bertz CT molecular complexity index is 768. The average Bonchev–Trinajstić information content (AvgIpc) is 3.40. The molecule has 1 aromatic carbocycles. The molecule has 0 unspecified atom stereocenters. The molecular weight excluding hydrogens is 396 g/mol. The van der Waals surface area contributed by atoms with Crippen molar-refractivity contribution in [2.45, 2.75) is 95.8 Å². The van der Waals surface area contributed by atoms with E-state index in [0.717, 1.165) is 24.8 Å². The summed E-state index contributed by atoms with van der Waals surface area (Å²) in [6.07, 6.45) is 16.4. The second kappa shape index (κ2) is 12.1. The van der Waals surface area contributed by atoms with Crippen molar-refractivity contribution in [2.75, 3.05) is 0 Å². The first kappa shape index (κ1) is 24.4. The molecule has 0 radical (unpaired) electrons. The third-order valence-electron chi connectivity index (χ3n) is 6.13. The molecule has 0 spiro atoms. The summed E-state index contributed by atoms with van der Waals surface area (Å²) in [5.41, 5.74) is 7.51. The van der Waals surface area contributed by atoms with E-state index < -0.39 is 5.41 Å². The van der Waals surface area contributed by atoms with Crippen molar-refractivity contribution < 1.29 is 4.52 Å². The summed E-state index contributed by atoms with van der Waals surface area (Å²) in [4.78, 5) is 4.49. The predicted octanol–water partition coefficient (Wildman–Crippen LogP) is 6.59. The summed E-state index contributed by atoms with van der Waals surface area (Å²) in [6, 6.07) is 8.45. The smallest absolute Gasteiger partial charge is 0.240 e. The fourth-order valence-corrected chi connectivity index (χ4v) is 3.90. The summed E-state index contributed by atoms with van der Waals surface area (Å²) in [7, 11) is 0. The molecule has 0 bridgehead atoms. The first-order chi connectivity index (χ1) is 14.2. The summed E-state index contributed by atoms with van der Waals surface area (Å²) in [6.45, 7) is 2.27. The summed E-state index contributed by atoms with van der Waals surface area (Å²) < 4.78 is 5.39. The number of unbranched alkanes of at least 4 members (excludes halogenated alkanes) is 9. The van der Waals surface area contributed by atoms with Gasteiger partial charge in [-0.2, -0.15) is 4.98 Å². The van der Waals surface area contributed by atoms with Gasteiger partial charge in [0.2, 0.25) is 11.7 Å². The number of rotatable bonds is 14. The minimum atomic E-state index is -0.499. The van der Waals surface area contributed by atoms with Gasteiger partial charge < -0.3 is 10.3 Å². The van der Waals surface area contributed by atoms with Crippen molar-refractivity contribution in [1.29, 1.82) is 5.41 Å². The maximum absolute atomic E-state index is 7.74. The number of aromatic nitrogens is 2. The summed E-state index contributed by atoms with van der Waals surface area (Å²) >= 11 is 0. The molecule has 1 fully saturated rings. The number of aryl methyl sites for hydroxylation is 1. The van der Waals surface area contributed by atoms with Crippen LogP contribution in [0.1, 0.15) is 95.4 Å². The molecule has 1 aromatic heterocycles. The highest BCUT2D eigenvalue weighted by molar-refractivity contribution is 5.91. The molecule has 3 N–H and O–H groups in total. The lowest BCUT2D eigenvalue weighted by Gasteiger charge is -2.05. The van der Waals surface area contributed by atoms with E-state index in [1.807, 2.05) is 0 Å². The van der Waals surface area contributed by atoms with Gasteiger partial charge >= 0.3 is 0 Å². The highest BCUT2D eigenvalue weighted by Gasteiger charge is 2.52. The lowest BCUT2D eigenvalue weighted by Crippen LogP contribution is -2.27. The highest BCUT2D eigenvalue weighted by Crippen LogP contribution is 2.47. The van der Waals surface area contributed by atoms with Gasteiger partial charge in [0.15, 0.2) is 0 Å². The number of nitrogens with two attached hydrogens (primary N) is 1. The molecule has 1 aliphatic carbocycles. The highest BCUT2D eigenvalue weighted by atomic mass is 35.5. The predicted molar refractivity (Wildman–Crippen MR) is 125 cm³/mol. The first-order valence-electron chi connectivity index (χ1n) is 11.4. The van der Waals surface area contributed by atoms with Crippen LogP contribution in [0.25, 0.3) is 11.4 Å². The summed E-state index contributed by atoms with van der Waals surface area (Å²) in [5, 5.41) is 11.8. The Morgan fingerprint density at radius 3 is 2.07 bits per heavy atom. The molecule has 0 saturated heterocycles. The molecule has 3 rings (SSSR count). The normalized spacial score (nSPS) is 14.3. The minimum Gasteiger partial charge on any atom is -0.387 e. The number of amidine groups is 1. The van der Waals surface area contributed by atoms with Crippen molar-refractivity contribution in [3.05, 3.63) is 35.7 Å². The number of halogens is 1. The van der Waals surface area contributed by atoms with Gasteiger partial charge in [-0.15, -0.1) is 12.4 Å². The second-order valence-corrected chi connectivity index (χ2v) is 8.55. The first-order valence-corrected chi connectivity index (χ1v) is 11.4. The van der Waals surface area contributed by atoms with Crippen LogP contribution in [0.3, 0.4) is 0 Å². The van der Waals surface area contributed by atoms with E-state index in [1.54, 1.807) is 0 Å². The number of hydrogen-bond acceptors (Lipinski definition) is 4. The number of nitrogens with one attached hydrogen (secondary N) is 1. The van der Waals surface area contributed by atoms with E-state index in [0.29, 0.717) is 11.7 Å². The SMILES string of the molecule is CCCCCCCCCCCCc1ccc(-c2noc(C3(C(=N)N)CC3)n2)cc1.Cl. The molecule has 1 saturated carbocycles. The van der Waals surface area contributed by atoms with Gasteiger partial charge in [-0.25, -0.2) is 0 Å². The maximum Gasteiger partial charge on any atom is 0.240 e. The topological polar surface area (TPSA) is 88.8 Å². The van der Waals surface area contributed by atoms with Crippen LogP contribution < -0.4 is 5.73 Å². The van der Waals surface area contributed by atoms with Crippen LogP contribution in [0.4, 0.5) is 0 Å². The van der Waals surface area contributed by atoms with Crippen LogP contribution in [-0.2, 0) is 11.8 Å². The molecule has 30 heavy (non-hydrogen) atoms. The third-order valence-corrected chi connectivity index (χ3v) is 6.13. The Morgan fingerprint density at radius 1 is 0.967 bits per heavy atom. The standard InChI is InChI=1S/C24H36N4O.ClH/c1-2-3-4-5-6-7-8-9-10-11-12-19-13-15-20(16-14-19)21-27-23(29-28-21)24(17-18-24)22(25)26;/h13-16H,2-12,17-18H2,1H3,(H3,25,26);1H.